The van der Waals surface area contributed by atoms with E-state index in [0.29, 0.717) is 65.0 Å². The molecule has 8 nitrogen and oxygen atoms in total. The molecule has 0 bridgehead atoms. The van der Waals surface area contributed by atoms with Crippen molar-refractivity contribution in [3.05, 3.63) is 95.7 Å². The number of phenolic OH excluding ortho intramolecular Hbond substituents is 3. The van der Waals surface area contributed by atoms with E-state index in [4.69, 9.17) is 86.9 Å². The molecule has 234 valence electrons. The van der Waals surface area contributed by atoms with Gasteiger partial charge in [-0.1, -0.05) is 88.1 Å². The highest BCUT2D eigenvalue weighted by atomic mass is 35.5. The first-order valence-corrected chi connectivity index (χ1v) is 15.5. The minimum atomic E-state index is -0.0808. The van der Waals surface area contributed by atoms with E-state index in [1.165, 1.54) is 30.6 Å². The predicted octanol–water partition coefficient (Wildman–Crippen LogP) is 10.1. The summed E-state index contributed by atoms with van der Waals surface area (Å²) in [6.07, 6.45) is 2.87. The molecule has 6 N–H and O–H groups in total. The number of fused-ring (bicyclic) bond motifs is 3. The van der Waals surface area contributed by atoms with Crippen molar-refractivity contribution in [3.63, 3.8) is 0 Å². The minimum Gasteiger partial charge on any atom is -0.504 e. The van der Waals surface area contributed by atoms with Crippen LogP contribution in [-0.2, 0) is 6.54 Å². The zero-order valence-corrected chi connectivity index (χ0v) is 28.3. The average molecular weight is 749 g/mol. The van der Waals surface area contributed by atoms with Crippen LogP contribution in [0.2, 0.25) is 35.2 Å². The number of pyridine rings is 3. The maximum atomic E-state index is 9.86. The first-order chi connectivity index (χ1) is 21.3. The summed E-state index contributed by atoms with van der Waals surface area (Å²) in [5.74, 6) is -0.182. The second-order valence-corrected chi connectivity index (χ2v) is 12.1. The molecule has 3 aromatic carbocycles. The quantitative estimate of drug-likeness (QED) is 0.121. The SMILES string of the molecule is CCNCc1ccc2c(Cl)cc(Cl)c(O)c2n1.Nc1cnc2c(O)c(Cl)cc(Cl)c2c1.Oc1c(Cl)cc(Cl)c2cc(Cl)cnc12. The molecule has 6 aromatic rings. The van der Waals surface area contributed by atoms with Gasteiger partial charge in [-0.3, -0.25) is 9.97 Å². The van der Waals surface area contributed by atoms with Crippen LogP contribution in [-0.4, -0.2) is 36.8 Å². The largest absolute Gasteiger partial charge is 0.504 e. The first kappa shape index (κ1) is 34.9. The molecule has 15 heteroatoms. The van der Waals surface area contributed by atoms with E-state index in [1.54, 1.807) is 12.1 Å². The Labute approximate surface area is 292 Å². The maximum Gasteiger partial charge on any atom is 0.160 e. The van der Waals surface area contributed by atoms with Crippen LogP contribution in [0, 0.1) is 0 Å². The van der Waals surface area contributed by atoms with Gasteiger partial charge in [-0.2, -0.15) is 0 Å². The van der Waals surface area contributed by atoms with Crippen molar-refractivity contribution in [2.24, 2.45) is 0 Å². The lowest BCUT2D eigenvalue weighted by molar-refractivity contribution is 0.480. The van der Waals surface area contributed by atoms with Gasteiger partial charge in [0.25, 0.3) is 0 Å². The van der Waals surface area contributed by atoms with Gasteiger partial charge in [0.05, 0.1) is 52.7 Å². The summed E-state index contributed by atoms with van der Waals surface area (Å²) in [7, 11) is 0. The molecule has 45 heavy (non-hydrogen) atoms. The number of benzene rings is 3. The van der Waals surface area contributed by atoms with Gasteiger partial charge in [-0.15, -0.1) is 0 Å². The summed E-state index contributed by atoms with van der Waals surface area (Å²) in [5.41, 5.74) is 8.03. The second-order valence-electron chi connectivity index (χ2n) is 9.26. The van der Waals surface area contributed by atoms with Crippen LogP contribution in [0.25, 0.3) is 32.7 Å². The van der Waals surface area contributed by atoms with Crippen molar-refractivity contribution < 1.29 is 15.3 Å². The molecule has 0 saturated carbocycles. The molecule has 0 aliphatic rings. The van der Waals surface area contributed by atoms with Gasteiger partial charge < -0.3 is 26.4 Å². The van der Waals surface area contributed by atoms with Crippen LogP contribution in [0.15, 0.2) is 54.9 Å². The molecule has 0 aliphatic carbocycles. The monoisotopic (exact) mass is 745 g/mol. The first-order valence-electron chi connectivity index (χ1n) is 12.8. The number of nitrogens with one attached hydrogen (secondary N) is 1. The van der Waals surface area contributed by atoms with Crippen LogP contribution < -0.4 is 11.1 Å². The zero-order chi connectivity index (χ0) is 33.0. The Morgan fingerprint density at radius 2 is 1.11 bits per heavy atom. The normalized spacial score (nSPS) is 10.8. The van der Waals surface area contributed by atoms with Crippen molar-refractivity contribution in [1.82, 2.24) is 20.3 Å². The third-order valence-electron chi connectivity index (χ3n) is 6.16. The molecule has 3 heterocycles. The van der Waals surface area contributed by atoms with Crippen molar-refractivity contribution in [2.45, 2.75) is 13.5 Å². The third-order valence-corrected chi connectivity index (χ3v) is 8.17. The summed E-state index contributed by atoms with van der Waals surface area (Å²) in [6.45, 7) is 3.53. The number of phenols is 3. The number of aromatic nitrogens is 3. The Hall–Kier alpha value is -2.92. The molecule has 0 fully saturated rings. The predicted molar refractivity (Wildman–Crippen MR) is 187 cm³/mol. The lowest BCUT2D eigenvalue weighted by Crippen LogP contribution is -2.12. The van der Waals surface area contributed by atoms with Gasteiger partial charge in [0.15, 0.2) is 17.2 Å². The highest BCUT2D eigenvalue weighted by Gasteiger charge is 2.12. The molecule has 0 amide bonds. The van der Waals surface area contributed by atoms with Crippen molar-refractivity contribution >= 4 is 120 Å². The molecule has 0 radical (unpaired) electrons. The number of rotatable bonds is 3. The molecule has 3 aromatic heterocycles. The summed E-state index contributed by atoms with van der Waals surface area (Å²) in [6, 6.07) is 11.4. The highest BCUT2D eigenvalue weighted by molar-refractivity contribution is 6.41. The number of nitrogens with two attached hydrogens (primary N) is 1. The summed E-state index contributed by atoms with van der Waals surface area (Å²) < 4.78 is 0. The number of nitrogen functional groups attached to an aromatic ring is 1. The Balaban J connectivity index is 0.000000155. The van der Waals surface area contributed by atoms with Gasteiger partial charge in [0, 0.05) is 28.9 Å². The van der Waals surface area contributed by atoms with Crippen LogP contribution >= 0.6 is 81.2 Å². The maximum absolute atomic E-state index is 9.86. The van der Waals surface area contributed by atoms with Gasteiger partial charge >= 0.3 is 0 Å². The Bertz CT molecular complexity index is 1950. The average Bonchev–Trinajstić information content (AvgIpc) is 3.01. The van der Waals surface area contributed by atoms with Crippen molar-refractivity contribution in [2.75, 3.05) is 12.3 Å². The molecule has 0 saturated heterocycles. The van der Waals surface area contributed by atoms with Gasteiger partial charge in [0.2, 0.25) is 0 Å². The summed E-state index contributed by atoms with van der Waals surface area (Å²) in [4.78, 5) is 12.3. The molecule has 0 spiro atoms. The van der Waals surface area contributed by atoms with Crippen LogP contribution in [0.1, 0.15) is 12.6 Å². The van der Waals surface area contributed by atoms with E-state index in [2.05, 4.69) is 20.3 Å². The van der Waals surface area contributed by atoms with Crippen LogP contribution in [0.4, 0.5) is 5.69 Å². The lowest BCUT2D eigenvalue weighted by Gasteiger charge is -2.07. The van der Waals surface area contributed by atoms with E-state index in [-0.39, 0.29) is 32.3 Å². The fourth-order valence-corrected chi connectivity index (χ4v) is 5.69. The molecular formula is C30H22Cl7N5O3. The number of hydrogen-bond donors (Lipinski definition) is 5. The minimum absolute atomic E-state index is 0.0237. The van der Waals surface area contributed by atoms with Crippen LogP contribution in [0.3, 0.4) is 0 Å². The van der Waals surface area contributed by atoms with Gasteiger partial charge in [-0.05, 0) is 49.0 Å². The van der Waals surface area contributed by atoms with Crippen molar-refractivity contribution in [3.8, 4) is 17.2 Å². The molecule has 0 unspecified atom stereocenters. The van der Waals surface area contributed by atoms with Gasteiger partial charge in [-0.25, -0.2) is 4.98 Å². The Kier molecular flexibility index (Phi) is 11.7. The van der Waals surface area contributed by atoms with E-state index in [0.717, 1.165) is 12.2 Å². The number of nitrogens with zero attached hydrogens (tertiary/aromatic N) is 3. The fraction of sp³-hybridized carbons (Fsp3) is 0.100. The van der Waals surface area contributed by atoms with E-state index in [9.17, 15) is 15.3 Å². The third kappa shape index (κ3) is 8.09. The number of halogens is 7. The summed E-state index contributed by atoms with van der Waals surface area (Å²) in [5, 5.41) is 36.4. The molecular weight excluding hydrogens is 727 g/mol. The van der Waals surface area contributed by atoms with E-state index in [1.807, 2.05) is 19.1 Å². The lowest BCUT2D eigenvalue weighted by atomic mass is 10.2. The fourth-order valence-electron chi connectivity index (χ4n) is 4.00. The van der Waals surface area contributed by atoms with Crippen molar-refractivity contribution in [1.29, 1.82) is 0 Å². The van der Waals surface area contributed by atoms with Gasteiger partial charge in [0.1, 0.15) is 16.6 Å². The smallest absolute Gasteiger partial charge is 0.160 e. The molecule has 0 atom stereocenters. The number of aromatic hydroxyl groups is 3. The topological polar surface area (TPSA) is 137 Å². The Morgan fingerprint density at radius 3 is 1.67 bits per heavy atom. The molecule has 0 aliphatic heterocycles. The number of anilines is 1. The second kappa shape index (κ2) is 15.1. The van der Waals surface area contributed by atoms with E-state index >= 15 is 0 Å². The van der Waals surface area contributed by atoms with E-state index < -0.39 is 0 Å². The number of hydrogen-bond acceptors (Lipinski definition) is 8. The highest BCUT2D eigenvalue weighted by Crippen LogP contribution is 2.38. The van der Waals surface area contributed by atoms with Crippen LogP contribution in [0.5, 0.6) is 17.2 Å². The Morgan fingerprint density at radius 1 is 0.622 bits per heavy atom. The summed E-state index contributed by atoms with van der Waals surface area (Å²) >= 11 is 40.9. The zero-order valence-electron chi connectivity index (χ0n) is 23.0. The molecule has 6 rings (SSSR count). The standard InChI is InChI=1S/C12H12Cl2N2O.C9H4Cl3NO.C9H6Cl2N2O/c1-2-15-6-7-3-4-8-9(13)5-10(14)12(17)11(8)16-7;10-4-1-5-6(11)2-7(12)9(14)8(5)13-3-4;10-6-2-7(11)9(14)8-5(6)1-4(12)3-13-8/h3-5,15,17H,2,6H2,1H3;1-3,14H;1-3,14H,12H2.